The lowest BCUT2D eigenvalue weighted by Crippen LogP contribution is -2.52. The highest BCUT2D eigenvalue weighted by Gasteiger charge is 2.51. The zero-order valence-electron chi connectivity index (χ0n) is 20.2. The number of rotatable bonds is 7. The molecule has 3 aromatic rings. The summed E-state index contributed by atoms with van der Waals surface area (Å²) in [6.07, 6.45) is 4.41. The summed E-state index contributed by atoms with van der Waals surface area (Å²) < 4.78 is 5.32. The van der Waals surface area contributed by atoms with Gasteiger partial charge < -0.3 is 4.74 Å². The minimum absolute atomic E-state index is 0.0571. The highest BCUT2D eigenvalue weighted by Crippen LogP contribution is 2.36. The number of esters is 1. The number of hydrogen-bond acceptors (Lipinski definition) is 7. The first-order valence-corrected chi connectivity index (χ1v) is 13.6. The van der Waals surface area contributed by atoms with Gasteiger partial charge in [-0.15, -0.1) is 11.3 Å². The molecule has 3 amide bonds. The zero-order chi connectivity index (χ0) is 27.7. The highest BCUT2D eigenvalue weighted by atomic mass is 35.5. The quantitative estimate of drug-likeness (QED) is 0.120. The number of imide groups is 1. The molecule has 0 radical (unpaired) electrons. The van der Waals surface area contributed by atoms with Crippen LogP contribution in [0.5, 0.6) is 5.75 Å². The van der Waals surface area contributed by atoms with E-state index in [0.29, 0.717) is 17.7 Å². The van der Waals surface area contributed by atoms with E-state index in [0.717, 1.165) is 10.0 Å². The maximum absolute atomic E-state index is 13.6. The topological polar surface area (TPSA) is 101 Å². The van der Waals surface area contributed by atoms with E-state index in [1.807, 2.05) is 12.2 Å². The highest BCUT2D eigenvalue weighted by molar-refractivity contribution is 7.12. The van der Waals surface area contributed by atoms with Crippen molar-refractivity contribution in [1.29, 1.82) is 0 Å². The molecule has 1 aromatic heterocycles. The predicted octanol–water partition coefficient (Wildman–Crippen LogP) is 5.47. The van der Waals surface area contributed by atoms with Crippen molar-refractivity contribution in [2.24, 2.45) is 11.8 Å². The molecule has 1 fully saturated rings. The number of thiophene rings is 1. The maximum atomic E-state index is 13.6. The van der Waals surface area contributed by atoms with Crippen molar-refractivity contribution in [2.75, 3.05) is 6.54 Å². The van der Waals surface area contributed by atoms with Gasteiger partial charge in [-0.2, -0.15) is 5.01 Å². The number of ketones is 1. The molecule has 2 aliphatic rings. The van der Waals surface area contributed by atoms with Crippen molar-refractivity contribution in [3.05, 3.63) is 98.2 Å². The normalized spacial score (nSPS) is 18.2. The first-order valence-electron chi connectivity index (χ1n) is 11.9. The Balaban J connectivity index is 1.40. The van der Waals surface area contributed by atoms with Crippen LogP contribution in [0.4, 0.5) is 0 Å². The number of benzene rings is 2. The fourth-order valence-corrected chi connectivity index (χ4v) is 5.42. The molecule has 0 saturated carbocycles. The molecule has 198 valence electrons. The standard InChI is InChI=1S/C28H20Cl2N2O6S/c29-21-12-9-17(14-22(21)30)25(34)31(32-26(35)19-4-1-2-5-20(19)27(32)36)15-23(33)16-7-10-18(11-8-16)38-28(37)24-6-3-13-39-24/h1-3,6-14,19-20H,4-5,15H2/t19-,20-/m0/s1. The van der Waals surface area contributed by atoms with Crippen LogP contribution in [0.25, 0.3) is 0 Å². The van der Waals surface area contributed by atoms with Crippen LogP contribution in [-0.4, -0.2) is 46.0 Å². The third-order valence-electron chi connectivity index (χ3n) is 6.53. The molecule has 8 nitrogen and oxygen atoms in total. The second-order valence-corrected chi connectivity index (χ2v) is 10.7. The van der Waals surface area contributed by atoms with Crippen LogP contribution in [0, 0.1) is 11.8 Å². The van der Waals surface area contributed by atoms with Crippen LogP contribution in [0.2, 0.25) is 10.0 Å². The monoisotopic (exact) mass is 582 g/mol. The first-order chi connectivity index (χ1) is 18.7. The summed E-state index contributed by atoms with van der Waals surface area (Å²) in [6.45, 7) is -0.586. The Morgan fingerprint density at radius 1 is 0.897 bits per heavy atom. The Morgan fingerprint density at radius 2 is 1.54 bits per heavy atom. The molecule has 1 saturated heterocycles. The number of halogens is 2. The second-order valence-electron chi connectivity index (χ2n) is 8.95. The molecule has 0 bridgehead atoms. The number of allylic oxidation sites excluding steroid dienone is 2. The van der Waals surface area contributed by atoms with Gasteiger partial charge in [-0.05, 0) is 66.8 Å². The Bertz CT molecular complexity index is 1480. The summed E-state index contributed by atoms with van der Waals surface area (Å²) in [5.74, 6) is -3.85. The number of hydrazine groups is 1. The number of ether oxygens (including phenoxy) is 1. The van der Waals surface area contributed by atoms with Gasteiger partial charge in [-0.3, -0.25) is 19.2 Å². The van der Waals surface area contributed by atoms with Gasteiger partial charge in [0, 0.05) is 11.1 Å². The van der Waals surface area contributed by atoms with E-state index in [2.05, 4.69) is 0 Å². The molecule has 0 N–H and O–H groups in total. The van der Waals surface area contributed by atoms with E-state index in [1.54, 1.807) is 17.5 Å². The number of carbonyl (C=O) groups is 5. The average molecular weight is 583 g/mol. The van der Waals surface area contributed by atoms with Crippen molar-refractivity contribution in [1.82, 2.24) is 10.0 Å². The molecule has 2 aromatic carbocycles. The summed E-state index contributed by atoms with van der Waals surface area (Å²) in [7, 11) is 0. The molecule has 0 unspecified atom stereocenters. The van der Waals surface area contributed by atoms with E-state index in [-0.39, 0.29) is 26.9 Å². The van der Waals surface area contributed by atoms with Gasteiger partial charge in [0.05, 0.1) is 21.9 Å². The van der Waals surface area contributed by atoms with Crippen molar-refractivity contribution >= 4 is 64.0 Å². The van der Waals surface area contributed by atoms with Crippen LogP contribution in [0.15, 0.2) is 72.1 Å². The van der Waals surface area contributed by atoms with Crippen LogP contribution in [0.3, 0.4) is 0 Å². The van der Waals surface area contributed by atoms with Crippen LogP contribution in [-0.2, 0) is 9.59 Å². The number of Topliss-reactive ketones (excluding diaryl/α,β-unsaturated/α-hetero) is 1. The number of nitrogens with zero attached hydrogens (tertiary/aromatic N) is 2. The second kappa shape index (κ2) is 11.1. The molecular formula is C28H20Cl2N2O6S. The van der Waals surface area contributed by atoms with E-state index < -0.39 is 47.9 Å². The third-order valence-corrected chi connectivity index (χ3v) is 8.12. The van der Waals surface area contributed by atoms with Gasteiger partial charge in [0.25, 0.3) is 17.7 Å². The predicted molar refractivity (Wildman–Crippen MR) is 145 cm³/mol. The number of fused-ring (bicyclic) bond motifs is 1. The van der Waals surface area contributed by atoms with Crippen LogP contribution < -0.4 is 4.74 Å². The minimum Gasteiger partial charge on any atom is -0.422 e. The molecule has 2 atom stereocenters. The lowest BCUT2D eigenvalue weighted by Gasteiger charge is -2.30. The minimum atomic E-state index is -0.753. The first kappa shape index (κ1) is 26.8. The largest absolute Gasteiger partial charge is 0.422 e. The summed E-state index contributed by atoms with van der Waals surface area (Å²) in [6, 6.07) is 13.3. The number of amides is 3. The van der Waals surface area contributed by atoms with Gasteiger partial charge >= 0.3 is 5.97 Å². The number of carbonyl (C=O) groups excluding carboxylic acids is 5. The SMILES string of the molecule is O=C(CN(C(=O)c1ccc(Cl)c(Cl)c1)N1C(=O)[C@H]2CC=CC[C@@H]2C1=O)c1ccc(OC(=O)c2cccs2)cc1. The van der Waals surface area contributed by atoms with Gasteiger partial charge in [-0.1, -0.05) is 41.4 Å². The van der Waals surface area contributed by atoms with E-state index in [4.69, 9.17) is 27.9 Å². The van der Waals surface area contributed by atoms with Gasteiger partial charge in [-0.25, -0.2) is 9.80 Å². The Hall–Kier alpha value is -3.79. The average Bonchev–Trinajstić information content (AvgIpc) is 3.57. The molecule has 1 aliphatic carbocycles. The lowest BCUT2D eigenvalue weighted by atomic mass is 9.85. The molecule has 0 spiro atoms. The molecule has 39 heavy (non-hydrogen) atoms. The molecular weight excluding hydrogens is 563 g/mol. The van der Waals surface area contributed by atoms with E-state index in [9.17, 15) is 24.0 Å². The molecule has 5 rings (SSSR count). The van der Waals surface area contributed by atoms with Crippen molar-refractivity contribution < 1.29 is 28.7 Å². The van der Waals surface area contributed by atoms with Crippen LogP contribution in [0.1, 0.15) is 43.2 Å². The molecule has 2 heterocycles. The Labute approximate surface area is 237 Å². The Morgan fingerprint density at radius 3 is 2.13 bits per heavy atom. The van der Waals surface area contributed by atoms with Gasteiger partial charge in [0.15, 0.2) is 5.78 Å². The fourth-order valence-electron chi connectivity index (χ4n) is 4.52. The third kappa shape index (κ3) is 5.38. The van der Waals surface area contributed by atoms with Crippen molar-refractivity contribution in [3.63, 3.8) is 0 Å². The van der Waals surface area contributed by atoms with Crippen molar-refractivity contribution in [3.8, 4) is 5.75 Å². The van der Waals surface area contributed by atoms with E-state index in [1.165, 1.54) is 53.8 Å². The summed E-state index contributed by atoms with van der Waals surface area (Å²) in [5, 5.41) is 3.75. The smallest absolute Gasteiger partial charge is 0.353 e. The lowest BCUT2D eigenvalue weighted by molar-refractivity contribution is -0.154. The Kier molecular flexibility index (Phi) is 7.65. The van der Waals surface area contributed by atoms with E-state index >= 15 is 0 Å². The summed E-state index contributed by atoms with van der Waals surface area (Å²) in [4.78, 5) is 66.1. The fraction of sp³-hybridized carbons (Fsp3) is 0.179. The summed E-state index contributed by atoms with van der Waals surface area (Å²) in [5.41, 5.74) is 0.248. The van der Waals surface area contributed by atoms with Crippen molar-refractivity contribution in [2.45, 2.75) is 12.8 Å². The van der Waals surface area contributed by atoms with Gasteiger partial charge in [0.1, 0.15) is 17.2 Å². The van der Waals surface area contributed by atoms with Crippen LogP contribution >= 0.6 is 34.5 Å². The molecule has 1 aliphatic heterocycles. The van der Waals surface area contributed by atoms with Gasteiger partial charge in [0.2, 0.25) is 0 Å². The molecule has 11 heteroatoms. The number of hydrogen-bond donors (Lipinski definition) is 0. The summed E-state index contributed by atoms with van der Waals surface area (Å²) >= 11 is 13.3. The zero-order valence-corrected chi connectivity index (χ0v) is 22.5. The maximum Gasteiger partial charge on any atom is 0.353 e.